The molecule has 24 heavy (non-hydrogen) atoms. The van der Waals surface area contributed by atoms with Crippen LogP contribution < -0.4 is 4.74 Å². The van der Waals surface area contributed by atoms with Crippen LogP contribution in [0.1, 0.15) is 0 Å². The van der Waals surface area contributed by atoms with Gasteiger partial charge in [0.15, 0.2) is 6.61 Å². The van der Waals surface area contributed by atoms with Crippen LogP contribution in [0, 0.1) is 0 Å². The van der Waals surface area contributed by atoms with E-state index in [9.17, 15) is 4.79 Å². The van der Waals surface area contributed by atoms with Gasteiger partial charge in [0, 0.05) is 13.1 Å². The first kappa shape index (κ1) is 18.0. The van der Waals surface area contributed by atoms with E-state index >= 15 is 0 Å². The molecule has 0 fully saturated rings. The van der Waals surface area contributed by atoms with Crippen molar-refractivity contribution in [2.24, 2.45) is 0 Å². The Morgan fingerprint density at radius 1 is 1.04 bits per heavy atom. The molecule has 0 spiro atoms. The third-order valence-electron chi connectivity index (χ3n) is 3.44. The van der Waals surface area contributed by atoms with E-state index in [1.165, 1.54) is 0 Å². The Morgan fingerprint density at radius 3 is 2.29 bits per heavy atom. The van der Waals surface area contributed by atoms with Gasteiger partial charge >= 0.3 is 0 Å². The molecule has 2 aromatic rings. The third kappa shape index (κ3) is 4.83. The van der Waals surface area contributed by atoms with Gasteiger partial charge in [-0.1, -0.05) is 48.6 Å². The van der Waals surface area contributed by atoms with Crippen molar-refractivity contribution in [2.45, 2.75) is 0 Å². The molecule has 0 bridgehead atoms. The lowest BCUT2D eigenvalue weighted by molar-refractivity contribution is -0.132. The van der Waals surface area contributed by atoms with Gasteiger partial charge in [-0.15, -0.1) is 13.2 Å². The zero-order valence-electron chi connectivity index (χ0n) is 13.5. The van der Waals surface area contributed by atoms with Crippen molar-refractivity contribution in [3.05, 3.63) is 78.3 Å². The zero-order valence-corrected chi connectivity index (χ0v) is 15.0. The molecule has 3 nitrogen and oxygen atoms in total. The van der Waals surface area contributed by atoms with E-state index in [4.69, 9.17) is 4.74 Å². The number of amides is 1. The Balaban J connectivity index is 2.04. The summed E-state index contributed by atoms with van der Waals surface area (Å²) in [6.07, 6.45) is 3.37. The standard InChI is InChI=1S/C20H20BrNO2/c1-3-12-22(13-4-2)20(23)15-24-19-11-10-17(14-18(19)21)16-8-6-5-7-9-16/h3-11,14H,1-2,12-13,15H2. The fraction of sp³-hybridized carbons (Fsp3) is 0.150. The lowest BCUT2D eigenvalue weighted by atomic mass is 10.1. The normalized spacial score (nSPS) is 10.0. The minimum Gasteiger partial charge on any atom is -0.483 e. The quantitative estimate of drug-likeness (QED) is 0.616. The van der Waals surface area contributed by atoms with Gasteiger partial charge in [-0.05, 0) is 39.2 Å². The van der Waals surface area contributed by atoms with Gasteiger partial charge in [-0.25, -0.2) is 0 Å². The zero-order chi connectivity index (χ0) is 17.4. The Kier molecular flexibility index (Phi) is 6.82. The van der Waals surface area contributed by atoms with Crippen molar-refractivity contribution >= 4 is 21.8 Å². The highest BCUT2D eigenvalue weighted by atomic mass is 79.9. The summed E-state index contributed by atoms with van der Waals surface area (Å²) in [5, 5.41) is 0. The van der Waals surface area contributed by atoms with Crippen molar-refractivity contribution in [1.29, 1.82) is 0 Å². The smallest absolute Gasteiger partial charge is 0.261 e. The molecule has 0 radical (unpaired) electrons. The van der Waals surface area contributed by atoms with Gasteiger partial charge in [0.25, 0.3) is 5.91 Å². The van der Waals surface area contributed by atoms with Gasteiger partial charge in [0.1, 0.15) is 5.75 Å². The summed E-state index contributed by atoms with van der Waals surface area (Å²) in [4.78, 5) is 13.8. The number of carbonyl (C=O) groups excluding carboxylic acids is 1. The molecule has 124 valence electrons. The van der Waals surface area contributed by atoms with Crippen LogP contribution >= 0.6 is 15.9 Å². The molecule has 0 aliphatic rings. The summed E-state index contributed by atoms with van der Waals surface area (Å²) in [6, 6.07) is 15.9. The molecule has 0 heterocycles. The van der Waals surface area contributed by atoms with Crippen molar-refractivity contribution in [3.8, 4) is 16.9 Å². The Labute approximate surface area is 151 Å². The van der Waals surface area contributed by atoms with Crippen LogP contribution in [0.15, 0.2) is 78.3 Å². The minimum atomic E-state index is -0.103. The Morgan fingerprint density at radius 2 is 1.71 bits per heavy atom. The number of carbonyl (C=O) groups is 1. The summed E-state index contributed by atoms with van der Waals surface area (Å²) < 4.78 is 6.47. The first-order chi connectivity index (χ1) is 11.7. The molecular formula is C20H20BrNO2. The predicted molar refractivity (Wildman–Crippen MR) is 102 cm³/mol. The highest BCUT2D eigenvalue weighted by Crippen LogP contribution is 2.30. The van der Waals surface area contributed by atoms with E-state index < -0.39 is 0 Å². The van der Waals surface area contributed by atoms with Crippen LogP contribution in [-0.2, 0) is 4.79 Å². The number of nitrogens with zero attached hydrogens (tertiary/aromatic N) is 1. The summed E-state index contributed by atoms with van der Waals surface area (Å²) in [6.45, 7) is 8.25. The number of hydrogen-bond donors (Lipinski definition) is 0. The largest absolute Gasteiger partial charge is 0.483 e. The second kappa shape index (κ2) is 9.08. The summed E-state index contributed by atoms with van der Waals surface area (Å²) >= 11 is 3.51. The molecule has 0 aromatic heterocycles. The predicted octanol–water partition coefficient (Wildman–Crippen LogP) is 4.70. The molecule has 0 saturated heterocycles. The van der Waals surface area contributed by atoms with E-state index in [1.54, 1.807) is 17.1 Å². The molecular weight excluding hydrogens is 366 g/mol. The molecule has 0 saturated carbocycles. The lowest BCUT2D eigenvalue weighted by Crippen LogP contribution is -2.35. The number of rotatable bonds is 8. The SMILES string of the molecule is C=CCN(CC=C)C(=O)COc1ccc(-c2ccccc2)cc1Br. The number of benzene rings is 2. The number of halogens is 1. The average molecular weight is 386 g/mol. The third-order valence-corrected chi connectivity index (χ3v) is 4.06. The van der Waals surface area contributed by atoms with E-state index in [0.29, 0.717) is 18.8 Å². The lowest BCUT2D eigenvalue weighted by Gasteiger charge is -2.19. The van der Waals surface area contributed by atoms with Gasteiger partial charge in [-0.2, -0.15) is 0 Å². The highest BCUT2D eigenvalue weighted by Gasteiger charge is 2.12. The van der Waals surface area contributed by atoms with Crippen molar-refractivity contribution in [2.75, 3.05) is 19.7 Å². The maximum Gasteiger partial charge on any atom is 0.261 e. The van der Waals surface area contributed by atoms with Gasteiger partial charge < -0.3 is 9.64 Å². The Bertz CT molecular complexity index is 703. The number of hydrogen-bond acceptors (Lipinski definition) is 2. The Hall–Kier alpha value is -2.33. The molecule has 2 rings (SSSR count). The molecule has 2 aromatic carbocycles. The van der Waals surface area contributed by atoms with E-state index in [0.717, 1.165) is 15.6 Å². The monoisotopic (exact) mass is 385 g/mol. The van der Waals surface area contributed by atoms with Gasteiger partial charge in [0.2, 0.25) is 0 Å². The van der Waals surface area contributed by atoms with Crippen molar-refractivity contribution in [1.82, 2.24) is 4.90 Å². The highest BCUT2D eigenvalue weighted by molar-refractivity contribution is 9.10. The maximum absolute atomic E-state index is 12.2. The van der Waals surface area contributed by atoms with Gasteiger partial charge in [0.05, 0.1) is 4.47 Å². The van der Waals surface area contributed by atoms with Crippen LogP contribution in [0.2, 0.25) is 0 Å². The summed E-state index contributed by atoms with van der Waals surface area (Å²) in [5.74, 6) is 0.536. The minimum absolute atomic E-state index is 0.0229. The van der Waals surface area contributed by atoms with Crippen molar-refractivity contribution < 1.29 is 9.53 Å². The van der Waals surface area contributed by atoms with Gasteiger partial charge in [-0.3, -0.25) is 4.79 Å². The van der Waals surface area contributed by atoms with Crippen molar-refractivity contribution in [3.63, 3.8) is 0 Å². The van der Waals surface area contributed by atoms with Crippen LogP contribution in [0.25, 0.3) is 11.1 Å². The molecule has 4 heteroatoms. The van der Waals surface area contributed by atoms with Crippen LogP contribution in [0.4, 0.5) is 0 Å². The molecule has 0 unspecified atom stereocenters. The summed E-state index contributed by atoms with van der Waals surface area (Å²) in [5.41, 5.74) is 2.21. The first-order valence-corrected chi connectivity index (χ1v) is 8.42. The van der Waals surface area contributed by atoms with Crippen LogP contribution in [0.3, 0.4) is 0 Å². The first-order valence-electron chi connectivity index (χ1n) is 7.63. The van der Waals surface area contributed by atoms with E-state index in [2.05, 4.69) is 29.1 Å². The second-order valence-corrected chi connectivity index (χ2v) is 6.03. The average Bonchev–Trinajstić information content (AvgIpc) is 2.61. The molecule has 0 aliphatic carbocycles. The summed E-state index contributed by atoms with van der Waals surface area (Å²) in [7, 11) is 0. The topological polar surface area (TPSA) is 29.5 Å². The molecule has 0 atom stereocenters. The second-order valence-electron chi connectivity index (χ2n) is 5.18. The molecule has 1 amide bonds. The maximum atomic E-state index is 12.2. The fourth-order valence-corrected chi connectivity index (χ4v) is 2.74. The van der Waals surface area contributed by atoms with Crippen LogP contribution in [0.5, 0.6) is 5.75 Å². The van der Waals surface area contributed by atoms with Crippen LogP contribution in [-0.4, -0.2) is 30.5 Å². The van der Waals surface area contributed by atoms with E-state index in [1.807, 2.05) is 48.5 Å². The van der Waals surface area contributed by atoms with E-state index in [-0.39, 0.29) is 12.5 Å². The molecule has 0 aliphatic heterocycles. The number of ether oxygens (including phenoxy) is 1. The molecule has 0 N–H and O–H groups in total. The fourth-order valence-electron chi connectivity index (χ4n) is 2.25.